The smallest absolute Gasteiger partial charge is 0.277 e. The molecule has 136 valence electrons. The number of hydrogen-bond donors (Lipinski definition) is 0. The average molecular weight is 369 g/mol. The predicted molar refractivity (Wildman–Crippen MR) is 108 cm³/mol. The van der Waals surface area contributed by atoms with Gasteiger partial charge in [0.05, 0.1) is 11.3 Å². The SMILES string of the molecule is CC(C)(C(=NC(=O)c1ccccc1)c1ccc(Cl)cc1)N1CCCCC1. The number of hydrogen-bond acceptors (Lipinski definition) is 2. The van der Waals surface area contributed by atoms with Gasteiger partial charge in [0.25, 0.3) is 5.91 Å². The van der Waals surface area contributed by atoms with Crippen LogP contribution in [0, 0.1) is 0 Å². The Labute approximate surface area is 160 Å². The summed E-state index contributed by atoms with van der Waals surface area (Å²) in [5.41, 5.74) is 2.01. The van der Waals surface area contributed by atoms with E-state index in [9.17, 15) is 4.79 Å². The Morgan fingerprint density at radius 3 is 2.15 bits per heavy atom. The maximum absolute atomic E-state index is 12.8. The highest BCUT2D eigenvalue weighted by Gasteiger charge is 2.34. The highest BCUT2D eigenvalue weighted by atomic mass is 35.5. The summed E-state index contributed by atoms with van der Waals surface area (Å²) in [6.07, 6.45) is 3.64. The molecule has 26 heavy (non-hydrogen) atoms. The van der Waals surface area contributed by atoms with Gasteiger partial charge in [-0.1, -0.05) is 48.4 Å². The molecule has 2 aromatic rings. The summed E-state index contributed by atoms with van der Waals surface area (Å²) in [6.45, 7) is 6.37. The van der Waals surface area contributed by atoms with Crippen molar-refractivity contribution in [3.8, 4) is 0 Å². The fraction of sp³-hybridized carbons (Fsp3) is 0.364. The van der Waals surface area contributed by atoms with E-state index >= 15 is 0 Å². The number of carbonyl (C=O) groups is 1. The molecule has 4 heteroatoms. The van der Waals surface area contributed by atoms with Gasteiger partial charge in [-0.2, -0.15) is 0 Å². The van der Waals surface area contributed by atoms with Crippen molar-refractivity contribution in [3.63, 3.8) is 0 Å². The molecule has 1 aliphatic heterocycles. The number of likely N-dealkylation sites (tertiary alicyclic amines) is 1. The fourth-order valence-corrected chi connectivity index (χ4v) is 3.64. The molecule has 0 N–H and O–H groups in total. The molecule has 0 aliphatic carbocycles. The van der Waals surface area contributed by atoms with E-state index in [4.69, 9.17) is 11.6 Å². The van der Waals surface area contributed by atoms with Gasteiger partial charge in [-0.3, -0.25) is 9.69 Å². The summed E-state index contributed by atoms with van der Waals surface area (Å²) < 4.78 is 0. The summed E-state index contributed by atoms with van der Waals surface area (Å²) in [5.74, 6) is -0.208. The van der Waals surface area contributed by atoms with Crippen molar-refractivity contribution >= 4 is 23.2 Å². The van der Waals surface area contributed by atoms with Crippen molar-refractivity contribution in [3.05, 3.63) is 70.7 Å². The lowest BCUT2D eigenvalue weighted by molar-refractivity contribution is 0.0997. The second kappa shape index (κ2) is 8.15. The number of piperidine rings is 1. The molecule has 1 heterocycles. The van der Waals surface area contributed by atoms with Gasteiger partial charge in [0.1, 0.15) is 0 Å². The molecule has 0 radical (unpaired) electrons. The van der Waals surface area contributed by atoms with E-state index < -0.39 is 0 Å². The molecule has 0 aromatic heterocycles. The van der Waals surface area contributed by atoms with Crippen LogP contribution in [0.15, 0.2) is 59.6 Å². The number of halogens is 1. The van der Waals surface area contributed by atoms with Gasteiger partial charge in [0.15, 0.2) is 0 Å². The Balaban J connectivity index is 2.02. The molecular weight excluding hydrogens is 344 g/mol. The van der Waals surface area contributed by atoms with Crippen LogP contribution in [0.2, 0.25) is 5.02 Å². The van der Waals surface area contributed by atoms with Crippen molar-refractivity contribution in [2.75, 3.05) is 13.1 Å². The van der Waals surface area contributed by atoms with Crippen LogP contribution in [0.1, 0.15) is 49.0 Å². The molecule has 0 spiro atoms. The third-order valence-corrected chi connectivity index (χ3v) is 5.33. The molecule has 2 aromatic carbocycles. The normalized spacial score (nSPS) is 16.5. The number of rotatable bonds is 4. The molecule has 1 fully saturated rings. The summed E-state index contributed by atoms with van der Waals surface area (Å²) in [5, 5.41) is 0.679. The van der Waals surface area contributed by atoms with Gasteiger partial charge in [-0.25, -0.2) is 4.99 Å². The first-order valence-electron chi connectivity index (χ1n) is 9.18. The Morgan fingerprint density at radius 2 is 1.54 bits per heavy atom. The van der Waals surface area contributed by atoms with Crippen molar-refractivity contribution in [2.24, 2.45) is 4.99 Å². The minimum atomic E-state index is -0.335. The van der Waals surface area contributed by atoms with Crippen LogP contribution < -0.4 is 0 Å². The molecule has 1 amide bonds. The lowest BCUT2D eigenvalue weighted by Crippen LogP contribution is -2.52. The minimum absolute atomic E-state index is 0.208. The Kier molecular flexibility index (Phi) is 5.90. The average Bonchev–Trinajstić information content (AvgIpc) is 2.68. The topological polar surface area (TPSA) is 32.7 Å². The lowest BCUT2D eigenvalue weighted by atomic mass is 9.88. The Bertz CT molecular complexity index is 776. The Morgan fingerprint density at radius 1 is 0.923 bits per heavy atom. The maximum atomic E-state index is 12.8. The number of benzene rings is 2. The van der Waals surface area contributed by atoms with E-state index in [-0.39, 0.29) is 11.4 Å². The van der Waals surface area contributed by atoms with Gasteiger partial charge in [-0.05, 0) is 69.6 Å². The first kappa shape index (κ1) is 18.8. The second-order valence-electron chi connectivity index (χ2n) is 7.25. The molecule has 0 atom stereocenters. The first-order valence-corrected chi connectivity index (χ1v) is 9.56. The predicted octanol–water partition coefficient (Wildman–Crippen LogP) is 5.23. The highest BCUT2D eigenvalue weighted by molar-refractivity contribution is 6.30. The van der Waals surface area contributed by atoms with E-state index in [0.717, 1.165) is 24.4 Å². The van der Waals surface area contributed by atoms with Gasteiger partial charge in [0.2, 0.25) is 0 Å². The van der Waals surface area contributed by atoms with Crippen molar-refractivity contribution in [1.82, 2.24) is 4.90 Å². The zero-order valence-electron chi connectivity index (χ0n) is 15.4. The van der Waals surface area contributed by atoms with Crippen LogP contribution >= 0.6 is 11.6 Å². The molecule has 0 unspecified atom stereocenters. The highest BCUT2D eigenvalue weighted by Crippen LogP contribution is 2.26. The summed E-state index contributed by atoms with van der Waals surface area (Å²) in [7, 11) is 0. The van der Waals surface area contributed by atoms with Crippen LogP contribution in [-0.4, -0.2) is 35.1 Å². The van der Waals surface area contributed by atoms with E-state index in [1.807, 2.05) is 42.5 Å². The lowest BCUT2D eigenvalue weighted by Gasteiger charge is -2.41. The standard InChI is InChI=1S/C22H25ClN2O/c1-22(2,25-15-7-4-8-16-25)20(17-11-13-19(23)14-12-17)24-21(26)18-9-5-3-6-10-18/h3,5-6,9-14H,4,7-8,15-16H2,1-2H3. The molecular formula is C22H25ClN2O. The number of nitrogens with zero attached hydrogens (tertiary/aromatic N) is 2. The molecule has 1 aliphatic rings. The van der Waals surface area contributed by atoms with Crippen molar-refractivity contribution < 1.29 is 4.79 Å². The van der Waals surface area contributed by atoms with Gasteiger partial charge >= 0.3 is 0 Å². The quantitative estimate of drug-likeness (QED) is 0.692. The third-order valence-electron chi connectivity index (χ3n) is 5.08. The van der Waals surface area contributed by atoms with E-state index in [1.165, 1.54) is 19.3 Å². The van der Waals surface area contributed by atoms with Crippen LogP contribution in [0.3, 0.4) is 0 Å². The minimum Gasteiger partial charge on any atom is -0.293 e. The van der Waals surface area contributed by atoms with Crippen LogP contribution in [-0.2, 0) is 0 Å². The van der Waals surface area contributed by atoms with Crippen LogP contribution in [0.25, 0.3) is 0 Å². The fourth-order valence-electron chi connectivity index (χ4n) is 3.51. The monoisotopic (exact) mass is 368 g/mol. The number of aliphatic imine (C=N–C) groups is 1. The number of carbonyl (C=O) groups excluding carboxylic acids is 1. The van der Waals surface area contributed by atoms with E-state index in [2.05, 4.69) is 23.7 Å². The van der Waals surface area contributed by atoms with Gasteiger partial charge < -0.3 is 0 Å². The zero-order chi connectivity index (χ0) is 18.6. The zero-order valence-corrected chi connectivity index (χ0v) is 16.2. The summed E-state index contributed by atoms with van der Waals surface area (Å²) >= 11 is 6.06. The van der Waals surface area contributed by atoms with E-state index in [0.29, 0.717) is 10.6 Å². The molecule has 0 bridgehead atoms. The largest absolute Gasteiger partial charge is 0.293 e. The van der Waals surface area contributed by atoms with Gasteiger partial charge in [0, 0.05) is 10.6 Å². The summed E-state index contributed by atoms with van der Waals surface area (Å²) in [6, 6.07) is 16.8. The maximum Gasteiger partial charge on any atom is 0.277 e. The molecule has 0 saturated carbocycles. The second-order valence-corrected chi connectivity index (χ2v) is 7.68. The van der Waals surface area contributed by atoms with Gasteiger partial charge in [-0.15, -0.1) is 0 Å². The molecule has 1 saturated heterocycles. The first-order chi connectivity index (χ1) is 12.5. The third kappa shape index (κ3) is 4.22. The van der Waals surface area contributed by atoms with Crippen LogP contribution in [0.5, 0.6) is 0 Å². The number of amides is 1. The van der Waals surface area contributed by atoms with Crippen molar-refractivity contribution in [1.29, 1.82) is 0 Å². The molecule has 3 nitrogen and oxygen atoms in total. The van der Waals surface area contributed by atoms with Crippen LogP contribution in [0.4, 0.5) is 0 Å². The Hall–Kier alpha value is -1.97. The van der Waals surface area contributed by atoms with E-state index in [1.54, 1.807) is 12.1 Å². The molecule has 3 rings (SSSR count). The summed E-state index contributed by atoms with van der Waals surface area (Å²) in [4.78, 5) is 19.8. The van der Waals surface area contributed by atoms with Crippen molar-refractivity contribution in [2.45, 2.75) is 38.6 Å².